The number of benzene rings is 2. The zero-order chi connectivity index (χ0) is 20.8. The first kappa shape index (κ1) is 20.8. The molecular weight excluding hydrogens is 408 g/mol. The lowest BCUT2D eigenvalue weighted by molar-refractivity contribution is -0.122. The highest BCUT2D eigenvalue weighted by atomic mass is 32.2. The Hall–Kier alpha value is -2.97. The lowest BCUT2D eigenvalue weighted by atomic mass is 10.1. The number of hydrogen-bond donors (Lipinski definition) is 2. The van der Waals surface area contributed by atoms with Crippen molar-refractivity contribution in [2.24, 2.45) is 0 Å². The Labute approximate surface area is 177 Å². The van der Waals surface area contributed by atoms with Crippen LogP contribution in [0.4, 0.5) is 5.69 Å². The van der Waals surface area contributed by atoms with E-state index in [4.69, 9.17) is 17.3 Å². The van der Waals surface area contributed by atoms with Crippen LogP contribution in [0.5, 0.6) is 0 Å². The topological polar surface area (TPSA) is 86.7 Å². The fourth-order valence-corrected chi connectivity index (χ4v) is 4.09. The van der Waals surface area contributed by atoms with Crippen LogP contribution in [0.2, 0.25) is 0 Å². The molecule has 6 nitrogen and oxygen atoms in total. The number of carbonyl (C=O) groups excluding carboxylic acids is 2. The first-order valence-corrected chi connectivity index (χ1v) is 10.1. The maximum Gasteiger partial charge on any atom is 0.337 e. The van der Waals surface area contributed by atoms with Gasteiger partial charge in [0.15, 0.2) is 0 Å². The molecule has 0 atom stereocenters. The van der Waals surface area contributed by atoms with E-state index in [-0.39, 0.29) is 29.5 Å². The van der Waals surface area contributed by atoms with Crippen molar-refractivity contribution in [2.45, 2.75) is 12.8 Å². The molecule has 3 rings (SSSR count). The SMILES string of the molecule is O=C(CCCN1C(=O)C(=Cc2ccccc2)SC1=S)Nc1ccccc1C(=O)O. The number of carboxylic acids is 1. The lowest BCUT2D eigenvalue weighted by Gasteiger charge is -2.14. The number of nitrogens with zero attached hydrogens (tertiary/aromatic N) is 1. The van der Waals surface area contributed by atoms with Crippen LogP contribution in [0.1, 0.15) is 28.8 Å². The Kier molecular flexibility index (Phi) is 6.79. The maximum absolute atomic E-state index is 12.6. The van der Waals surface area contributed by atoms with Crippen LogP contribution in [-0.2, 0) is 9.59 Å². The number of amides is 2. The molecule has 1 saturated heterocycles. The molecule has 2 N–H and O–H groups in total. The summed E-state index contributed by atoms with van der Waals surface area (Å²) >= 11 is 6.55. The van der Waals surface area contributed by atoms with Crippen LogP contribution < -0.4 is 5.32 Å². The van der Waals surface area contributed by atoms with Crippen molar-refractivity contribution >= 4 is 57.8 Å². The molecule has 1 heterocycles. The summed E-state index contributed by atoms with van der Waals surface area (Å²) in [5, 5.41) is 11.8. The van der Waals surface area contributed by atoms with E-state index >= 15 is 0 Å². The normalized spacial score (nSPS) is 15.0. The molecule has 0 unspecified atom stereocenters. The molecule has 0 aliphatic carbocycles. The van der Waals surface area contributed by atoms with E-state index in [1.54, 1.807) is 18.2 Å². The number of carbonyl (C=O) groups is 3. The van der Waals surface area contributed by atoms with Gasteiger partial charge in [-0.3, -0.25) is 14.5 Å². The van der Waals surface area contributed by atoms with E-state index in [2.05, 4.69) is 5.32 Å². The third kappa shape index (κ3) is 5.30. The zero-order valence-electron chi connectivity index (χ0n) is 15.3. The van der Waals surface area contributed by atoms with Crippen molar-refractivity contribution in [3.05, 3.63) is 70.6 Å². The third-order valence-corrected chi connectivity index (χ3v) is 5.57. The highest BCUT2D eigenvalue weighted by Gasteiger charge is 2.31. The molecule has 0 aromatic heterocycles. The van der Waals surface area contributed by atoms with Crippen molar-refractivity contribution in [3.8, 4) is 0 Å². The van der Waals surface area contributed by atoms with Crippen molar-refractivity contribution < 1.29 is 19.5 Å². The number of para-hydroxylation sites is 1. The summed E-state index contributed by atoms with van der Waals surface area (Å²) < 4.78 is 0.466. The van der Waals surface area contributed by atoms with Crippen molar-refractivity contribution in [1.29, 1.82) is 0 Å². The average molecular weight is 427 g/mol. The molecule has 1 aliphatic rings. The molecule has 2 aromatic rings. The second-order valence-electron chi connectivity index (χ2n) is 6.25. The smallest absolute Gasteiger partial charge is 0.337 e. The highest BCUT2D eigenvalue weighted by molar-refractivity contribution is 8.26. The van der Waals surface area contributed by atoms with Crippen molar-refractivity contribution in [2.75, 3.05) is 11.9 Å². The van der Waals surface area contributed by atoms with Gasteiger partial charge in [-0.1, -0.05) is 66.4 Å². The van der Waals surface area contributed by atoms with Gasteiger partial charge in [0, 0.05) is 13.0 Å². The molecular formula is C21H18N2O4S2. The van der Waals surface area contributed by atoms with Gasteiger partial charge in [0.25, 0.3) is 5.91 Å². The number of rotatable bonds is 7. The quantitative estimate of drug-likeness (QED) is 0.514. The van der Waals surface area contributed by atoms with Crippen LogP contribution in [0.25, 0.3) is 6.08 Å². The summed E-state index contributed by atoms with van der Waals surface area (Å²) in [4.78, 5) is 38.0. The Morgan fingerprint density at radius 2 is 1.79 bits per heavy atom. The second kappa shape index (κ2) is 9.49. The van der Waals surface area contributed by atoms with Crippen LogP contribution >= 0.6 is 24.0 Å². The van der Waals surface area contributed by atoms with E-state index in [1.165, 1.54) is 28.8 Å². The lowest BCUT2D eigenvalue weighted by Crippen LogP contribution is -2.29. The van der Waals surface area contributed by atoms with Crippen LogP contribution in [0.3, 0.4) is 0 Å². The number of anilines is 1. The molecule has 2 aromatic carbocycles. The highest BCUT2D eigenvalue weighted by Crippen LogP contribution is 2.32. The van der Waals surface area contributed by atoms with E-state index in [1.807, 2.05) is 30.3 Å². The number of nitrogens with one attached hydrogen (secondary N) is 1. The minimum atomic E-state index is -1.11. The first-order chi connectivity index (χ1) is 14.0. The van der Waals surface area contributed by atoms with Gasteiger partial charge in [0.1, 0.15) is 4.32 Å². The van der Waals surface area contributed by atoms with E-state index in [9.17, 15) is 14.4 Å². The molecule has 2 amide bonds. The predicted molar refractivity (Wildman–Crippen MR) is 118 cm³/mol. The maximum atomic E-state index is 12.6. The molecule has 8 heteroatoms. The minimum absolute atomic E-state index is 0.0313. The Balaban J connectivity index is 1.55. The Bertz CT molecular complexity index is 989. The van der Waals surface area contributed by atoms with Crippen molar-refractivity contribution in [3.63, 3.8) is 0 Å². The molecule has 148 valence electrons. The summed E-state index contributed by atoms with van der Waals surface area (Å²) in [6.45, 7) is 0.324. The molecule has 0 spiro atoms. The molecule has 29 heavy (non-hydrogen) atoms. The molecule has 1 aliphatic heterocycles. The van der Waals surface area contributed by atoms with Crippen molar-refractivity contribution in [1.82, 2.24) is 4.90 Å². The van der Waals surface area contributed by atoms with Crippen LogP contribution in [-0.4, -0.2) is 38.7 Å². The predicted octanol–water partition coefficient (Wildman–Crippen LogP) is 4.00. The van der Waals surface area contributed by atoms with E-state index in [0.717, 1.165) is 5.56 Å². The van der Waals surface area contributed by atoms with Gasteiger partial charge in [-0.15, -0.1) is 0 Å². The van der Waals surface area contributed by atoms with E-state index < -0.39 is 5.97 Å². The largest absolute Gasteiger partial charge is 0.478 e. The van der Waals surface area contributed by atoms with Crippen LogP contribution in [0.15, 0.2) is 59.5 Å². The summed E-state index contributed by atoms with van der Waals surface area (Å²) in [5.74, 6) is -1.59. The number of thioether (sulfide) groups is 1. The van der Waals surface area contributed by atoms with Gasteiger partial charge in [-0.05, 0) is 30.2 Å². The fraction of sp³-hybridized carbons (Fsp3) is 0.143. The summed E-state index contributed by atoms with van der Waals surface area (Å²) in [6.07, 6.45) is 2.35. The number of hydrogen-bond acceptors (Lipinski definition) is 5. The number of aromatic carboxylic acids is 1. The number of thiocarbonyl (C=S) groups is 1. The zero-order valence-corrected chi connectivity index (χ0v) is 17.0. The van der Waals surface area contributed by atoms with Gasteiger partial charge in [0.2, 0.25) is 5.91 Å². The monoisotopic (exact) mass is 426 g/mol. The van der Waals surface area contributed by atoms with Gasteiger partial charge in [0.05, 0.1) is 16.2 Å². The van der Waals surface area contributed by atoms with Gasteiger partial charge in [-0.25, -0.2) is 4.79 Å². The summed E-state index contributed by atoms with van der Waals surface area (Å²) in [7, 11) is 0. The third-order valence-electron chi connectivity index (χ3n) is 4.19. The Morgan fingerprint density at radius 3 is 2.52 bits per heavy atom. The van der Waals surface area contributed by atoms with Gasteiger partial charge < -0.3 is 10.4 Å². The first-order valence-electron chi connectivity index (χ1n) is 8.88. The van der Waals surface area contributed by atoms with E-state index in [0.29, 0.717) is 22.2 Å². The van der Waals surface area contributed by atoms with Crippen LogP contribution in [0, 0.1) is 0 Å². The second-order valence-corrected chi connectivity index (χ2v) is 7.92. The molecule has 0 saturated carbocycles. The fourth-order valence-electron chi connectivity index (χ4n) is 2.78. The number of carboxylic acid groups (broad SMARTS) is 1. The summed E-state index contributed by atoms with van der Waals surface area (Å²) in [5.41, 5.74) is 1.20. The molecule has 1 fully saturated rings. The van der Waals surface area contributed by atoms with Gasteiger partial charge in [-0.2, -0.15) is 0 Å². The molecule has 0 bridgehead atoms. The molecule has 0 radical (unpaired) electrons. The standard InChI is InChI=1S/C21H18N2O4S2/c24-18(22-16-10-5-4-9-15(16)20(26)27)11-6-12-23-19(25)17(29-21(23)28)13-14-7-2-1-3-8-14/h1-5,7-10,13H,6,11-12H2,(H,22,24)(H,26,27). The minimum Gasteiger partial charge on any atom is -0.478 e. The summed E-state index contributed by atoms with van der Waals surface area (Å²) in [6, 6.07) is 15.7. The average Bonchev–Trinajstić information content (AvgIpc) is 2.96. The Morgan fingerprint density at radius 1 is 1.10 bits per heavy atom. The van der Waals surface area contributed by atoms with Gasteiger partial charge >= 0.3 is 5.97 Å².